The molecule has 1 N–H and O–H groups in total. The van der Waals surface area contributed by atoms with Gasteiger partial charge in [0.15, 0.2) is 0 Å². The number of halogens is 1. The van der Waals surface area contributed by atoms with Gasteiger partial charge in [0, 0.05) is 17.1 Å². The zero-order valence-corrected chi connectivity index (χ0v) is 16.8. The second-order valence-electron chi connectivity index (χ2n) is 7.05. The topological polar surface area (TPSA) is 72.4 Å². The molecule has 0 amide bonds. The van der Waals surface area contributed by atoms with Gasteiger partial charge in [0.25, 0.3) is 0 Å². The van der Waals surface area contributed by atoms with Gasteiger partial charge in [-0.15, -0.1) is 0 Å². The van der Waals surface area contributed by atoms with Crippen molar-refractivity contribution in [1.82, 2.24) is 9.78 Å². The molecule has 0 aliphatic rings. The molecule has 0 bridgehead atoms. The third-order valence-electron chi connectivity index (χ3n) is 4.92. The van der Waals surface area contributed by atoms with Gasteiger partial charge in [-0.25, -0.2) is 13.9 Å². The van der Waals surface area contributed by atoms with Gasteiger partial charge in [-0.05, 0) is 36.4 Å². The second kappa shape index (κ2) is 8.31. The Morgan fingerprint density at radius 3 is 2.56 bits per heavy atom. The van der Waals surface area contributed by atoms with Crippen molar-refractivity contribution in [1.29, 1.82) is 0 Å². The molecular weight excluding hydrogens is 407 g/mol. The van der Waals surface area contributed by atoms with Gasteiger partial charge in [-0.1, -0.05) is 48.5 Å². The van der Waals surface area contributed by atoms with E-state index in [0.717, 1.165) is 11.1 Å². The fraction of sp³-hybridized carbons (Fsp3) is 0. The first-order valence-electron chi connectivity index (χ1n) is 9.91. The summed E-state index contributed by atoms with van der Waals surface area (Å²) in [5.41, 5.74) is 5.04. The van der Waals surface area contributed by atoms with E-state index in [2.05, 4.69) is 15.6 Å². The number of hydrogen-bond acceptors (Lipinski definition) is 5. The van der Waals surface area contributed by atoms with Crippen LogP contribution in [-0.2, 0) is 0 Å². The van der Waals surface area contributed by atoms with Gasteiger partial charge < -0.3 is 4.42 Å². The van der Waals surface area contributed by atoms with Crippen LogP contribution in [0.1, 0.15) is 5.56 Å². The number of hydrogen-bond donors (Lipinski definition) is 1. The predicted molar refractivity (Wildman–Crippen MR) is 123 cm³/mol. The van der Waals surface area contributed by atoms with Crippen LogP contribution < -0.4 is 11.1 Å². The van der Waals surface area contributed by atoms with Crippen LogP contribution in [0.3, 0.4) is 0 Å². The van der Waals surface area contributed by atoms with E-state index in [0.29, 0.717) is 22.4 Å². The summed E-state index contributed by atoms with van der Waals surface area (Å²) in [5, 5.41) is 9.56. The Labute approximate surface area is 182 Å². The number of benzene rings is 3. The second-order valence-corrected chi connectivity index (χ2v) is 7.05. The van der Waals surface area contributed by atoms with E-state index in [9.17, 15) is 9.18 Å². The standard InChI is InChI=1S/C25H17FN4O2/c26-21-11-5-6-12-22(21)28-27-15-18-16-30(19-9-2-1-3-10-19)29-24(18)20-14-17-8-4-7-13-23(17)32-25(20)31/h1-16,28H. The van der Waals surface area contributed by atoms with Gasteiger partial charge in [0.05, 0.1) is 23.2 Å². The Morgan fingerprint density at radius 1 is 0.969 bits per heavy atom. The molecule has 0 aliphatic heterocycles. The minimum absolute atomic E-state index is 0.242. The lowest BCUT2D eigenvalue weighted by molar-refractivity contribution is 0.563. The number of anilines is 1. The Balaban J connectivity index is 1.60. The summed E-state index contributed by atoms with van der Waals surface area (Å²) in [5.74, 6) is -0.417. The van der Waals surface area contributed by atoms with E-state index >= 15 is 0 Å². The van der Waals surface area contributed by atoms with Gasteiger partial charge in [0.2, 0.25) is 0 Å². The molecule has 0 saturated carbocycles. The number of rotatable bonds is 5. The molecule has 156 valence electrons. The Bertz CT molecular complexity index is 1490. The van der Waals surface area contributed by atoms with Crippen LogP contribution in [0.2, 0.25) is 0 Å². The van der Waals surface area contributed by atoms with E-state index in [1.165, 1.54) is 12.3 Å². The van der Waals surface area contributed by atoms with Crippen molar-refractivity contribution in [2.24, 2.45) is 5.10 Å². The molecule has 0 radical (unpaired) electrons. The molecular formula is C25H17FN4O2. The Morgan fingerprint density at radius 2 is 1.72 bits per heavy atom. The highest BCUT2D eigenvalue weighted by Gasteiger charge is 2.16. The summed E-state index contributed by atoms with van der Waals surface area (Å²) in [6.45, 7) is 0. The molecule has 0 unspecified atom stereocenters. The molecule has 32 heavy (non-hydrogen) atoms. The van der Waals surface area contributed by atoms with Gasteiger partial charge in [-0.3, -0.25) is 5.43 Å². The smallest absolute Gasteiger partial charge is 0.345 e. The highest BCUT2D eigenvalue weighted by atomic mass is 19.1. The van der Waals surface area contributed by atoms with E-state index in [4.69, 9.17) is 4.42 Å². The Hall–Kier alpha value is -4.52. The summed E-state index contributed by atoms with van der Waals surface area (Å²) < 4.78 is 21.0. The first-order chi connectivity index (χ1) is 15.7. The fourth-order valence-electron chi connectivity index (χ4n) is 3.35. The van der Waals surface area contributed by atoms with Crippen molar-refractivity contribution in [2.75, 3.05) is 5.43 Å². The van der Waals surface area contributed by atoms with Crippen LogP contribution >= 0.6 is 0 Å². The number of nitrogens with zero attached hydrogens (tertiary/aromatic N) is 3. The van der Waals surface area contributed by atoms with Crippen molar-refractivity contribution in [3.05, 3.63) is 113 Å². The predicted octanol–water partition coefficient (Wildman–Crippen LogP) is 5.23. The third-order valence-corrected chi connectivity index (χ3v) is 4.92. The maximum absolute atomic E-state index is 13.9. The van der Waals surface area contributed by atoms with Crippen molar-refractivity contribution < 1.29 is 8.81 Å². The lowest BCUT2D eigenvalue weighted by Crippen LogP contribution is -2.05. The lowest BCUT2D eigenvalue weighted by atomic mass is 10.1. The fourth-order valence-corrected chi connectivity index (χ4v) is 3.35. The molecule has 0 atom stereocenters. The summed E-state index contributed by atoms with van der Waals surface area (Å²) >= 11 is 0. The zero-order valence-electron chi connectivity index (χ0n) is 16.8. The quantitative estimate of drug-likeness (QED) is 0.238. The maximum atomic E-state index is 13.9. The molecule has 2 heterocycles. The number of fused-ring (bicyclic) bond motifs is 1. The molecule has 3 aromatic carbocycles. The molecule has 7 heteroatoms. The van der Waals surface area contributed by atoms with E-state index < -0.39 is 11.4 Å². The van der Waals surface area contributed by atoms with Crippen LogP contribution in [-0.4, -0.2) is 16.0 Å². The first-order valence-corrected chi connectivity index (χ1v) is 9.91. The molecule has 0 aliphatic carbocycles. The minimum Gasteiger partial charge on any atom is -0.422 e. The number of nitrogens with one attached hydrogen (secondary N) is 1. The normalized spacial score (nSPS) is 11.3. The highest BCUT2D eigenvalue weighted by Crippen LogP contribution is 2.24. The largest absolute Gasteiger partial charge is 0.422 e. The van der Waals surface area contributed by atoms with E-state index in [1.54, 1.807) is 41.2 Å². The van der Waals surface area contributed by atoms with Crippen molar-refractivity contribution >= 4 is 22.9 Å². The van der Waals surface area contributed by atoms with Crippen LogP contribution in [0.25, 0.3) is 27.9 Å². The van der Waals surface area contributed by atoms with Gasteiger partial charge >= 0.3 is 5.63 Å². The SMILES string of the molecule is O=c1oc2ccccc2cc1-c1nn(-c2ccccc2)cc1C=NNc1ccccc1F. The van der Waals surface area contributed by atoms with Crippen LogP contribution in [0.5, 0.6) is 0 Å². The molecule has 5 aromatic rings. The van der Waals surface area contributed by atoms with Crippen LogP contribution in [0, 0.1) is 5.82 Å². The molecule has 0 fully saturated rings. The zero-order chi connectivity index (χ0) is 21.9. The molecule has 2 aromatic heterocycles. The summed E-state index contributed by atoms with van der Waals surface area (Å²) in [6.07, 6.45) is 3.26. The van der Waals surface area contributed by atoms with E-state index in [-0.39, 0.29) is 5.69 Å². The van der Waals surface area contributed by atoms with E-state index in [1.807, 2.05) is 48.5 Å². The number of aromatic nitrogens is 2. The monoisotopic (exact) mass is 424 g/mol. The molecule has 5 rings (SSSR count). The summed E-state index contributed by atoms with van der Waals surface area (Å²) in [7, 11) is 0. The maximum Gasteiger partial charge on any atom is 0.345 e. The third kappa shape index (κ3) is 3.79. The Kier molecular flexibility index (Phi) is 5.05. The molecule has 0 saturated heterocycles. The first kappa shape index (κ1) is 19.4. The van der Waals surface area contributed by atoms with Gasteiger partial charge in [0.1, 0.15) is 17.1 Å². The molecule has 0 spiro atoms. The van der Waals surface area contributed by atoms with Crippen LogP contribution in [0.4, 0.5) is 10.1 Å². The highest BCUT2D eigenvalue weighted by molar-refractivity contribution is 5.91. The number of para-hydroxylation sites is 3. The molecule has 6 nitrogen and oxygen atoms in total. The average Bonchev–Trinajstić information content (AvgIpc) is 3.24. The van der Waals surface area contributed by atoms with Gasteiger partial charge in [-0.2, -0.15) is 10.2 Å². The summed E-state index contributed by atoms with van der Waals surface area (Å²) in [6, 6.07) is 24.8. The average molecular weight is 424 g/mol. The van der Waals surface area contributed by atoms with Crippen molar-refractivity contribution in [3.8, 4) is 16.9 Å². The van der Waals surface area contributed by atoms with Crippen LogP contribution in [0.15, 0.2) is 105 Å². The number of hydrazone groups is 1. The lowest BCUT2D eigenvalue weighted by Gasteiger charge is -2.02. The van der Waals surface area contributed by atoms with Crippen molar-refractivity contribution in [2.45, 2.75) is 0 Å². The minimum atomic E-state index is -0.501. The summed E-state index contributed by atoms with van der Waals surface area (Å²) in [4.78, 5) is 12.7. The van der Waals surface area contributed by atoms with Crippen molar-refractivity contribution in [3.63, 3.8) is 0 Å².